The minimum Gasteiger partial charge on any atom is -0.330 e. The summed E-state index contributed by atoms with van der Waals surface area (Å²) in [4.78, 5) is 0. The fraction of sp³-hybridized carbons (Fsp3) is 1.00. The van der Waals surface area contributed by atoms with Crippen LogP contribution in [0, 0.1) is 17.8 Å². The molecule has 0 aliphatic heterocycles. The molecule has 0 aromatic carbocycles. The highest BCUT2D eigenvalue weighted by Crippen LogP contribution is 2.55. The van der Waals surface area contributed by atoms with Crippen molar-refractivity contribution in [1.82, 2.24) is 0 Å². The second-order valence-corrected chi connectivity index (χ2v) is 4.02. The Morgan fingerprint density at radius 1 is 1.10 bits per heavy atom. The number of fused-ring (bicyclic) bond motifs is 1. The topological polar surface area (TPSA) is 26.0 Å². The molecule has 2 aliphatic carbocycles. The zero-order valence-corrected chi connectivity index (χ0v) is 6.55. The molecular formula is C9H17N. The summed E-state index contributed by atoms with van der Waals surface area (Å²) in [6.45, 7) is 0.895. The third-order valence-electron chi connectivity index (χ3n) is 3.16. The Labute approximate surface area is 63.0 Å². The van der Waals surface area contributed by atoms with Gasteiger partial charge >= 0.3 is 0 Å². The molecule has 0 heterocycles. The standard InChI is InChI=1S/C9H17N/c10-3-1-2-7-4-8-6-9(8)5-7/h7-9H,1-6,10H2. The lowest BCUT2D eigenvalue weighted by molar-refractivity contribution is 0.441. The maximum Gasteiger partial charge on any atom is -0.00772 e. The van der Waals surface area contributed by atoms with Crippen LogP contribution in [0.15, 0.2) is 0 Å². The molecular weight excluding hydrogens is 122 g/mol. The summed E-state index contributed by atoms with van der Waals surface area (Å²) in [5.74, 6) is 3.37. The van der Waals surface area contributed by atoms with Gasteiger partial charge in [0.2, 0.25) is 0 Å². The van der Waals surface area contributed by atoms with Crippen molar-refractivity contribution in [2.45, 2.75) is 32.1 Å². The average molecular weight is 139 g/mol. The van der Waals surface area contributed by atoms with E-state index in [1.807, 2.05) is 0 Å². The predicted molar refractivity (Wildman–Crippen MR) is 42.6 cm³/mol. The van der Waals surface area contributed by atoms with Gasteiger partial charge in [0, 0.05) is 0 Å². The summed E-state index contributed by atoms with van der Waals surface area (Å²) in [6.07, 6.45) is 7.28. The van der Waals surface area contributed by atoms with Gasteiger partial charge in [0.05, 0.1) is 0 Å². The number of rotatable bonds is 3. The minimum absolute atomic E-state index is 0.895. The summed E-state index contributed by atoms with van der Waals surface area (Å²) in [6, 6.07) is 0. The summed E-state index contributed by atoms with van der Waals surface area (Å²) in [5.41, 5.74) is 5.45. The SMILES string of the molecule is NCCCC1CC2CC2C1. The maximum atomic E-state index is 5.45. The molecule has 2 fully saturated rings. The van der Waals surface area contributed by atoms with Crippen LogP contribution in [0.5, 0.6) is 0 Å². The lowest BCUT2D eigenvalue weighted by atomic mass is 9.98. The van der Waals surface area contributed by atoms with Crippen LogP contribution in [0.1, 0.15) is 32.1 Å². The molecule has 2 rings (SSSR count). The largest absolute Gasteiger partial charge is 0.330 e. The van der Waals surface area contributed by atoms with Gasteiger partial charge in [-0.15, -0.1) is 0 Å². The highest BCUT2D eigenvalue weighted by Gasteiger charge is 2.45. The van der Waals surface area contributed by atoms with E-state index in [9.17, 15) is 0 Å². The number of nitrogens with two attached hydrogens (primary N) is 1. The van der Waals surface area contributed by atoms with E-state index in [1.54, 1.807) is 6.42 Å². The van der Waals surface area contributed by atoms with Crippen LogP contribution in [-0.2, 0) is 0 Å². The van der Waals surface area contributed by atoms with Crippen LogP contribution in [0.4, 0.5) is 0 Å². The van der Waals surface area contributed by atoms with Crippen LogP contribution in [0.25, 0.3) is 0 Å². The van der Waals surface area contributed by atoms with Crippen molar-refractivity contribution < 1.29 is 0 Å². The minimum atomic E-state index is 0.895. The Morgan fingerprint density at radius 3 is 2.40 bits per heavy atom. The second kappa shape index (κ2) is 2.54. The first kappa shape index (κ1) is 6.66. The summed E-state index contributed by atoms with van der Waals surface area (Å²) < 4.78 is 0. The van der Waals surface area contributed by atoms with Crippen LogP contribution in [0.3, 0.4) is 0 Å². The normalized spacial score (nSPS) is 43.5. The first-order valence-electron chi connectivity index (χ1n) is 4.60. The summed E-state index contributed by atoms with van der Waals surface area (Å²) in [7, 11) is 0. The van der Waals surface area contributed by atoms with Crippen molar-refractivity contribution in [2.75, 3.05) is 6.54 Å². The zero-order valence-electron chi connectivity index (χ0n) is 6.55. The molecule has 1 heteroatoms. The van der Waals surface area contributed by atoms with E-state index in [1.165, 1.54) is 25.7 Å². The third kappa shape index (κ3) is 1.20. The molecule has 2 saturated carbocycles. The zero-order chi connectivity index (χ0) is 6.97. The first-order chi connectivity index (χ1) is 4.90. The molecule has 0 aromatic heterocycles. The van der Waals surface area contributed by atoms with E-state index in [2.05, 4.69) is 0 Å². The van der Waals surface area contributed by atoms with E-state index in [4.69, 9.17) is 5.73 Å². The van der Waals surface area contributed by atoms with E-state index < -0.39 is 0 Å². The number of hydrogen-bond donors (Lipinski definition) is 1. The number of hydrogen-bond acceptors (Lipinski definition) is 1. The van der Waals surface area contributed by atoms with Crippen LogP contribution in [0.2, 0.25) is 0 Å². The lowest BCUT2D eigenvalue weighted by Crippen LogP contribution is -2.03. The Kier molecular flexibility index (Phi) is 1.69. The van der Waals surface area contributed by atoms with Crippen molar-refractivity contribution in [3.05, 3.63) is 0 Å². The van der Waals surface area contributed by atoms with Gasteiger partial charge < -0.3 is 5.73 Å². The Morgan fingerprint density at radius 2 is 1.80 bits per heavy atom. The Hall–Kier alpha value is -0.0400. The van der Waals surface area contributed by atoms with Gasteiger partial charge in [-0.25, -0.2) is 0 Å². The quantitative estimate of drug-likeness (QED) is 0.633. The molecule has 0 aromatic rings. The lowest BCUT2D eigenvalue weighted by Gasteiger charge is -2.09. The molecule has 1 nitrogen and oxygen atoms in total. The van der Waals surface area contributed by atoms with Gasteiger partial charge in [-0.2, -0.15) is 0 Å². The third-order valence-corrected chi connectivity index (χ3v) is 3.16. The van der Waals surface area contributed by atoms with Crippen LogP contribution in [-0.4, -0.2) is 6.54 Å². The maximum absolute atomic E-state index is 5.45. The molecule has 0 amide bonds. The van der Waals surface area contributed by atoms with Crippen molar-refractivity contribution in [1.29, 1.82) is 0 Å². The van der Waals surface area contributed by atoms with E-state index in [0.717, 1.165) is 24.3 Å². The van der Waals surface area contributed by atoms with E-state index >= 15 is 0 Å². The molecule has 2 aliphatic rings. The van der Waals surface area contributed by atoms with E-state index in [-0.39, 0.29) is 0 Å². The molecule has 0 bridgehead atoms. The molecule has 0 spiro atoms. The second-order valence-electron chi connectivity index (χ2n) is 4.02. The fourth-order valence-electron chi connectivity index (χ4n) is 2.48. The molecule has 10 heavy (non-hydrogen) atoms. The summed E-state index contributed by atoms with van der Waals surface area (Å²) >= 11 is 0. The van der Waals surface area contributed by atoms with Gasteiger partial charge in [0.15, 0.2) is 0 Å². The highest BCUT2D eigenvalue weighted by atomic mass is 14.5. The molecule has 2 atom stereocenters. The van der Waals surface area contributed by atoms with Gasteiger partial charge in [0.1, 0.15) is 0 Å². The highest BCUT2D eigenvalue weighted by molar-refractivity contribution is 4.95. The Bertz CT molecular complexity index is 112. The monoisotopic (exact) mass is 139 g/mol. The van der Waals surface area contributed by atoms with Crippen LogP contribution >= 0.6 is 0 Å². The Balaban J connectivity index is 1.66. The van der Waals surface area contributed by atoms with Crippen LogP contribution < -0.4 is 5.73 Å². The van der Waals surface area contributed by atoms with Crippen molar-refractivity contribution in [3.8, 4) is 0 Å². The van der Waals surface area contributed by atoms with Gasteiger partial charge in [-0.1, -0.05) is 0 Å². The van der Waals surface area contributed by atoms with Gasteiger partial charge in [-0.3, -0.25) is 0 Å². The summed E-state index contributed by atoms with van der Waals surface area (Å²) in [5, 5.41) is 0. The van der Waals surface area contributed by atoms with Crippen molar-refractivity contribution >= 4 is 0 Å². The molecule has 58 valence electrons. The smallest absolute Gasteiger partial charge is 0.00772 e. The van der Waals surface area contributed by atoms with Gasteiger partial charge in [0.25, 0.3) is 0 Å². The molecule has 2 N–H and O–H groups in total. The predicted octanol–water partition coefficient (Wildman–Crippen LogP) is 1.77. The van der Waals surface area contributed by atoms with Gasteiger partial charge in [-0.05, 0) is 56.4 Å². The van der Waals surface area contributed by atoms with Crippen molar-refractivity contribution in [3.63, 3.8) is 0 Å². The molecule has 0 radical (unpaired) electrons. The van der Waals surface area contributed by atoms with E-state index in [0.29, 0.717) is 0 Å². The first-order valence-corrected chi connectivity index (χ1v) is 4.60. The molecule has 2 unspecified atom stereocenters. The average Bonchev–Trinajstić information content (AvgIpc) is 2.56. The van der Waals surface area contributed by atoms with Crippen molar-refractivity contribution in [2.24, 2.45) is 23.5 Å². The fourth-order valence-corrected chi connectivity index (χ4v) is 2.48. The molecule has 0 saturated heterocycles.